The van der Waals surface area contributed by atoms with Crippen LogP contribution in [-0.4, -0.2) is 15.2 Å². The number of hydrogen-bond acceptors (Lipinski definition) is 4. The number of aromatic nitrogens is 3. The van der Waals surface area contributed by atoms with E-state index in [1.165, 1.54) is 9.75 Å². The van der Waals surface area contributed by atoms with E-state index in [2.05, 4.69) is 39.6 Å². The Labute approximate surface area is 103 Å². The molecule has 86 valence electrons. The molecule has 2 N–H and O–H groups in total. The topological polar surface area (TPSA) is 53.6 Å². The lowest BCUT2D eigenvalue weighted by atomic mass is 10.3. The minimum Gasteiger partial charge on any atom is -0.378 e. The number of aryl methyl sites for hydroxylation is 1. The van der Waals surface area contributed by atoms with Gasteiger partial charge in [0.05, 0.1) is 5.69 Å². The normalized spacial score (nSPS) is 10.9. The maximum Gasteiger partial charge on any atom is 0.134 e. The summed E-state index contributed by atoms with van der Waals surface area (Å²) in [6, 6.07) is 6.23. The van der Waals surface area contributed by atoms with Crippen molar-refractivity contribution in [1.82, 2.24) is 15.2 Å². The van der Waals surface area contributed by atoms with Crippen molar-refractivity contribution in [3.05, 3.63) is 40.3 Å². The van der Waals surface area contributed by atoms with Crippen LogP contribution in [0.4, 0.5) is 5.69 Å². The van der Waals surface area contributed by atoms with Crippen molar-refractivity contribution >= 4 is 28.1 Å². The highest BCUT2D eigenvalue weighted by molar-refractivity contribution is 7.11. The number of hydrogen-bond donors (Lipinski definition) is 2. The monoisotopic (exact) mass is 244 g/mol. The van der Waals surface area contributed by atoms with Crippen LogP contribution in [0.2, 0.25) is 0 Å². The van der Waals surface area contributed by atoms with Gasteiger partial charge in [-0.15, -0.1) is 11.3 Å². The fourth-order valence-corrected chi connectivity index (χ4v) is 2.59. The molecule has 0 amide bonds. The predicted molar refractivity (Wildman–Crippen MR) is 70.3 cm³/mol. The lowest BCUT2D eigenvalue weighted by Crippen LogP contribution is -1.98. The molecule has 3 heterocycles. The Kier molecular flexibility index (Phi) is 2.53. The largest absolute Gasteiger partial charge is 0.378 e. The van der Waals surface area contributed by atoms with E-state index in [4.69, 9.17) is 0 Å². The standard InChI is InChI=1S/C12H12N4S/c1-8-2-3-9(17-8)6-14-10-4-5-13-11-7-15-16-12(10)11/h2-5,7H,6H2,1H3,(H,13,14)(H,15,16). The van der Waals surface area contributed by atoms with Gasteiger partial charge < -0.3 is 5.32 Å². The van der Waals surface area contributed by atoms with E-state index < -0.39 is 0 Å². The van der Waals surface area contributed by atoms with Gasteiger partial charge in [-0.1, -0.05) is 0 Å². The summed E-state index contributed by atoms with van der Waals surface area (Å²) in [5.74, 6) is 0. The summed E-state index contributed by atoms with van der Waals surface area (Å²) in [6.45, 7) is 2.94. The average molecular weight is 244 g/mol. The zero-order chi connectivity index (χ0) is 11.7. The van der Waals surface area contributed by atoms with Crippen LogP contribution >= 0.6 is 11.3 Å². The van der Waals surface area contributed by atoms with Crippen molar-refractivity contribution in [2.24, 2.45) is 0 Å². The molecule has 17 heavy (non-hydrogen) atoms. The summed E-state index contributed by atoms with van der Waals surface area (Å²) < 4.78 is 0. The predicted octanol–water partition coefficient (Wildman–Crippen LogP) is 2.94. The van der Waals surface area contributed by atoms with Crippen molar-refractivity contribution in [2.45, 2.75) is 13.5 Å². The molecule has 0 aliphatic heterocycles. The van der Waals surface area contributed by atoms with Gasteiger partial charge in [0.2, 0.25) is 0 Å². The minimum absolute atomic E-state index is 0.824. The van der Waals surface area contributed by atoms with Crippen LogP contribution in [0, 0.1) is 6.92 Å². The van der Waals surface area contributed by atoms with Crippen LogP contribution in [0.3, 0.4) is 0 Å². The number of pyridine rings is 1. The summed E-state index contributed by atoms with van der Waals surface area (Å²) in [5, 5.41) is 10.4. The number of thiophene rings is 1. The van der Waals surface area contributed by atoms with E-state index >= 15 is 0 Å². The summed E-state index contributed by atoms with van der Waals surface area (Å²) in [5.41, 5.74) is 2.79. The third-order valence-electron chi connectivity index (χ3n) is 2.58. The van der Waals surface area contributed by atoms with Crippen LogP contribution in [0.1, 0.15) is 9.75 Å². The van der Waals surface area contributed by atoms with Crippen LogP contribution in [0.5, 0.6) is 0 Å². The zero-order valence-corrected chi connectivity index (χ0v) is 10.2. The molecular weight excluding hydrogens is 232 g/mol. The van der Waals surface area contributed by atoms with Gasteiger partial charge in [0, 0.05) is 28.7 Å². The molecule has 0 saturated heterocycles. The number of nitrogens with zero attached hydrogens (tertiary/aromatic N) is 2. The molecule has 5 heteroatoms. The smallest absolute Gasteiger partial charge is 0.134 e. The van der Waals surface area contributed by atoms with Crippen LogP contribution < -0.4 is 5.32 Å². The maximum atomic E-state index is 4.23. The second-order valence-electron chi connectivity index (χ2n) is 3.84. The second kappa shape index (κ2) is 4.18. The Morgan fingerprint density at radius 3 is 3.12 bits per heavy atom. The third kappa shape index (κ3) is 2.01. The lowest BCUT2D eigenvalue weighted by Gasteiger charge is -2.04. The molecule has 0 aromatic carbocycles. The zero-order valence-electron chi connectivity index (χ0n) is 9.40. The molecule has 0 radical (unpaired) electrons. The van der Waals surface area contributed by atoms with E-state index in [-0.39, 0.29) is 0 Å². The Bertz CT molecular complexity index is 641. The van der Waals surface area contributed by atoms with Crippen molar-refractivity contribution < 1.29 is 0 Å². The molecule has 0 atom stereocenters. The summed E-state index contributed by atoms with van der Waals surface area (Å²) >= 11 is 1.81. The molecule has 0 aliphatic carbocycles. The number of rotatable bonds is 3. The van der Waals surface area contributed by atoms with E-state index in [1.54, 1.807) is 12.4 Å². The van der Waals surface area contributed by atoms with Gasteiger partial charge in [0.15, 0.2) is 0 Å². The second-order valence-corrected chi connectivity index (χ2v) is 5.22. The van der Waals surface area contributed by atoms with Gasteiger partial charge in [0.25, 0.3) is 0 Å². The quantitative estimate of drug-likeness (QED) is 0.744. The molecule has 0 spiro atoms. The van der Waals surface area contributed by atoms with E-state index in [0.29, 0.717) is 0 Å². The first kappa shape index (κ1) is 10.3. The van der Waals surface area contributed by atoms with E-state index in [0.717, 1.165) is 23.3 Å². The van der Waals surface area contributed by atoms with Crippen molar-refractivity contribution in [3.63, 3.8) is 0 Å². The van der Waals surface area contributed by atoms with Crippen LogP contribution in [-0.2, 0) is 6.54 Å². The fraction of sp³-hybridized carbons (Fsp3) is 0.167. The average Bonchev–Trinajstić information content (AvgIpc) is 2.94. The van der Waals surface area contributed by atoms with Gasteiger partial charge in [0.1, 0.15) is 11.0 Å². The van der Waals surface area contributed by atoms with Gasteiger partial charge in [-0.25, -0.2) is 0 Å². The lowest BCUT2D eigenvalue weighted by molar-refractivity contribution is 1.11. The van der Waals surface area contributed by atoms with Gasteiger partial charge in [-0.2, -0.15) is 5.10 Å². The van der Waals surface area contributed by atoms with E-state index in [9.17, 15) is 0 Å². The molecular formula is C12H12N4S. The molecule has 4 nitrogen and oxygen atoms in total. The van der Waals surface area contributed by atoms with Crippen molar-refractivity contribution in [1.29, 1.82) is 0 Å². The SMILES string of the molecule is Cc1ccc(CNc2ccnc3c[nH]nc23)s1. The molecule has 0 bridgehead atoms. The number of H-pyrrole nitrogens is 1. The molecule has 3 aromatic rings. The third-order valence-corrected chi connectivity index (χ3v) is 3.58. The van der Waals surface area contributed by atoms with Crippen LogP contribution in [0.15, 0.2) is 30.6 Å². The van der Waals surface area contributed by atoms with Gasteiger partial charge in [-0.3, -0.25) is 10.1 Å². The summed E-state index contributed by atoms with van der Waals surface area (Å²) in [7, 11) is 0. The van der Waals surface area contributed by atoms with Crippen LogP contribution in [0.25, 0.3) is 11.0 Å². The highest BCUT2D eigenvalue weighted by atomic mass is 32.1. The Hall–Kier alpha value is -1.88. The minimum atomic E-state index is 0.824. The first-order valence-electron chi connectivity index (χ1n) is 5.40. The molecule has 0 aliphatic rings. The van der Waals surface area contributed by atoms with Gasteiger partial charge in [-0.05, 0) is 25.1 Å². The molecule has 3 aromatic heterocycles. The van der Waals surface area contributed by atoms with Crippen molar-refractivity contribution in [3.8, 4) is 0 Å². The molecule has 0 fully saturated rings. The number of anilines is 1. The van der Waals surface area contributed by atoms with Gasteiger partial charge >= 0.3 is 0 Å². The summed E-state index contributed by atoms with van der Waals surface area (Å²) in [6.07, 6.45) is 3.59. The first-order valence-corrected chi connectivity index (χ1v) is 6.22. The molecule has 0 saturated carbocycles. The first-order chi connectivity index (χ1) is 8.33. The Morgan fingerprint density at radius 2 is 2.29 bits per heavy atom. The Morgan fingerprint density at radius 1 is 1.35 bits per heavy atom. The number of nitrogens with one attached hydrogen (secondary N) is 2. The molecule has 3 rings (SSSR count). The van der Waals surface area contributed by atoms with E-state index in [1.807, 2.05) is 17.4 Å². The molecule has 0 unspecified atom stereocenters. The number of fused-ring (bicyclic) bond motifs is 1. The maximum absolute atomic E-state index is 4.23. The number of aromatic amines is 1. The highest BCUT2D eigenvalue weighted by Gasteiger charge is 2.04. The Balaban J connectivity index is 1.83. The van der Waals surface area contributed by atoms with Crippen molar-refractivity contribution in [2.75, 3.05) is 5.32 Å². The summed E-state index contributed by atoms with van der Waals surface area (Å²) in [4.78, 5) is 6.89. The highest BCUT2D eigenvalue weighted by Crippen LogP contribution is 2.21. The fourth-order valence-electron chi connectivity index (χ4n) is 1.76.